The van der Waals surface area contributed by atoms with Gasteiger partial charge in [-0.05, 0) is 49.1 Å². The van der Waals surface area contributed by atoms with Crippen LogP contribution in [0.2, 0.25) is 0 Å². The second-order valence-electron chi connectivity index (χ2n) is 4.25. The molecule has 0 fully saturated rings. The fourth-order valence-electron chi connectivity index (χ4n) is 1.79. The van der Waals surface area contributed by atoms with E-state index >= 15 is 0 Å². The van der Waals surface area contributed by atoms with E-state index in [2.05, 4.69) is 37.2 Å². The first-order chi connectivity index (χ1) is 9.97. The molecule has 2 N–H and O–H groups in total. The van der Waals surface area contributed by atoms with Crippen LogP contribution in [0.5, 0.6) is 0 Å². The molecule has 1 aromatic heterocycles. The number of hydrogen-bond donors (Lipinski definition) is 2. The molecule has 1 heterocycles. The Labute approximate surface area is 142 Å². The number of carboxylic acid groups (broad SMARTS) is 1. The number of nitrogens with one attached hydrogen (secondary N) is 1. The fourth-order valence-corrected chi connectivity index (χ4v) is 3.74. The Morgan fingerprint density at radius 1 is 1.19 bits per heavy atom. The maximum absolute atomic E-state index is 12.1. The normalized spacial score (nSPS) is 10.4. The van der Waals surface area contributed by atoms with Crippen LogP contribution < -0.4 is 5.32 Å². The molecule has 1 amide bonds. The number of carbonyl (C=O) groups excluding carboxylic acids is 1. The fraction of sp³-hybridized carbons (Fsp3) is 0.143. The SMILES string of the molecule is O=C(O)Cc1ccccc1CNC(=O)c1cc(Br)c(Br)s1. The van der Waals surface area contributed by atoms with Gasteiger partial charge >= 0.3 is 5.97 Å². The van der Waals surface area contributed by atoms with Crippen LogP contribution in [0.4, 0.5) is 0 Å². The van der Waals surface area contributed by atoms with E-state index < -0.39 is 5.97 Å². The first kappa shape index (κ1) is 16.2. The van der Waals surface area contributed by atoms with Gasteiger partial charge < -0.3 is 10.4 Å². The van der Waals surface area contributed by atoms with Crippen LogP contribution in [0, 0.1) is 0 Å². The molecule has 1 aromatic carbocycles. The van der Waals surface area contributed by atoms with Gasteiger partial charge in [-0.3, -0.25) is 9.59 Å². The number of aliphatic carboxylic acids is 1. The minimum atomic E-state index is -0.889. The van der Waals surface area contributed by atoms with Gasteiger partial charge in [-0.15, -0.1) is 11.3 Å². The zero-order valence-electron chi connectivity index (χ0n) is 10.7. The van der Waals surface area contributed by atoms with Crippen molar-refractivity contribution in [2.24, 2.45) is 0 Å². The molecule has 0 spiro atoms. The topological polar surface area (TPSA) is 66.4 Å². The van der Waals surface area contributed by atoms with Crippen molar-refractivity contribution in [1.82, 2.24) is 5.32 Å². The lowest BCUT2D eigenvalue weighted by atomic mass is 10.0. The summed E-state index contributed by atoms with van der Waals surface area (Å²) in [4.78, 5) is 23.5. The molecule has 0 atom stereocenters. The highest BCUT2D eigenvalue weighted by Gasteiger charge is 2.13. The second-order valence-corrected chi connectivity index (χ2v) is 7.48. The molecule has 2 aromatic rings. The predicted molar refractivity (Wildman–Crippen MR) is 88.7 cm³/mol. The largest absolute Gasteiger partial charge is 0.481 e. The van der Waals surface area contributed by atoms with Crippen molar-refractivity contribution < 1.29 is 14.7 Å². The molecular weight excluding hydrogens is 422 g/mol. The van der Waals surface area contributed by atoms with E-state index in [0.717, 1.165) is 13.8 Å². The summed E-state index contributed by atoms with van der Waals surface area (Å²) >= 11 is 8.02. The molecule has 0 bridgehead atoms. The van der Waals surface area contributed by atoms with Gasteiger partial charge in [0.15, 0.2) is 0 Å². The van der Waals surface area contributed by atoms with Gasteiger partial charge in [0.25, 0.3) is 5.91 Å². The first-order valence-corrected chi connectivity index (χ1v) is 8.39. The number of carbonyl (C=O) groups is 2. The average molecular weight is 433 g/mol. The maximum atomic E-state index is 12.1. The van der Waals surface area contributed by atoms with Crippen LogP contribution in [-0.2, 0) is 17.8 Å². The van der Waals surface area contributed by atoms with Gasteiger partial charge in [0.05, 0.1) is 15.1 Å². The van der Waals surface area contributed by atoms with E-state index in [1.165, 1.54) is 11.3 Å². The molecule has 4 nitrogen and oxygen atoms in total. The van der Waals surface area contributed by atoms with Crippen molar-refractivity contribution in [2.75, 3.05) is 0 Å². The number of amides is 1. The third kappa shape index (κ3) is 4.39. The summed E-state index contributed by atoms with van der Waals surface area (Å²) in [5.41, 5.74) is 1.52. The van der Waals surface area contributed by atoms with Crippen LogP contribution in [0.15, 0.2) is 38.6 Å². The number of benzene rings is 1. The van der Waals surface area contributed by atoms with E-state index in [-0.39, 0.29) is 12.3 Å². The summed E-state index contributed by atoms with van der Waals surface area (Å²) in [6.45, 7) is 0.301. The number of thiophene rings is 1. The van der Waals surface area contributed by atoms with Crippen molar-refractivity contribution in [1.29, 1.82) is 0 Å². The van der Waals surface area contributed by atoms with Crippen molar-refractivity contribution in [3.63, 3.8) is 0 Å². The lowest BCUT2D eigenvalue weighted by Gasteiger charge is -2.08. The zero-order chi connectivity index (χ0) is 15.4. The smallest absolute Gasteiger partial charge is 0.307 e. The molecule has 0 aliphatic carbocycles. The van der Waals surface area contributed by atoms with E-state index in [1.54, 1.807) is 18.2 Å². The van der Waals surface area contributed by atoms with Gasteiger partial charge in [-0.1, -0.05) is 24.3 Å². The van der Waals surface area contributed by atoms with Gasteiger partial charge in [0.1, 0.15) is 0 Å². The molecule has 7 heteroatoms. The Morgan fingerprint density at radius 3 is 2.43 bits per heavy atom. The van der Waals surface area contributed by atoms with Crippen LogP contribution in [0.1, 0.15) is 20.8 Å². The number of halogens is 2. The van der Waals surface area contributed by atoms with Gasteiger partial charge in [0.2, 0.25) is 0 Å². The Balaban J connectivity index is 2.06. The average Bonchev–Trinajstić information content (AvgIpc) is 2.77. The summed E-state index contributed by atoms with van der Waals surface area (Å²) in [5.74, 6) is -1.07. The number of rotatable bonds is 5. The molecule has 110 valence electrons. The Bertz CT molecular complexity index is 665. The van der Waals surface area contributed by atoms with E-state index in [1.807, 2.05) is 12.1 Å². The summed E-state index contributed by atoms with van der Waals surface area (Å²) in [6, 6.07) is 8.93. The minimum absolute atomic E-state index is 0.0534. The van der Waals surface area contributed by atoms with E-state index in [9.17, 15) is 9.59 Å². The Kier molecular flexibility index (Phi) is 5.55. The third-order valence-electron chi connectivity index (χ3n) is 2.77. The number of carboxylic acids is 1. The summed E-state index contributed by atoms with van der Waals surface area (Å²) < 4.78 is 1.70. The minimum Gasteiger partial charge on any atom is -0.481 e. The van der Waals surface area contributed by atoms with Crippen molar-refractivity contribution >= 4 is 55.1 Å². The highest BCUT2D eigenvalue weighted by Crippen LogP contribution is 2.32. The molecule has 0 radical (unpaired) electrons. The Morgan fingerprint density at radius 2 is 1.86 bits per heavy atom. The molecule has 21 heavy (non-hydrogen) atoms. The third-order valence-corrected chi connectivity index (χ3v) is 6.02. The molecular formula is C14H11Br2NO3S. The van der Waals surface area contributed by atoms with Crippen LogP contribution >= 0.6 is 43.2 Å². The van der Waals surface area contributed by atoms with Crippen molar-refractivity contribution in [2.45, 2.75) is 13.0 Å². The van der Waals surface area contributed by atoms with Gasteiger partial charge in [-0.2, -0.15) is 0 Å². The van der Waals surface area contributed by atoms with Crippen LogP contribution in [0.25, 0.3) is 0 Å². The second kappa shape index (κ2) is 7.20. The van der Waals surface area contributed by atoms with Gasteiger partial charge in [-0.25, -0.2) is 0 Å². The highest BCUT2D eigenvalue weighted by molar-refractivity contribution is 9.13. The quantitative estimate of drug-likeness (QED) is 0.754. The summed E-state index contributed by atoms with van der Waals surface area (Å²) in [6.07, 6.45) is -0.0534. The van der Waals surface area contributed by atoms with E-state index in [0.29, 0.717) is 17.0 Å². The highest BCUT2D eigenvalue weighted by atomic mass is 79.9. The lowest BCUT2D eigenvalue weighted by molar-refractivity contribution is -0.136. The monoisotopic (exact) mass is 431 g/mol. The predicted octanol–water partition coefficient (Wildman–Crippen LogP) is 3.83. The summed E-state index contributed by atoms with van der Waals surface area (Å²) in [5, 5.41) is 11.7. The molecule has 0 unspecified atom stereocenters. The lowest BCUT2D eigenvalue weighted by Crippen LogP contribution is -2.22. The van der Waals surface area contributed by atoms with Crippen LogP contribution in [0.3, 0.4) is 0 Å². The summed E-state index contributed by atoms with van der Waals surface area (Å²) in [7, 11) is 0. The van der Waals surface area contributed by atoms with Crippen molar-refractivity contribution in [3.05, 3.63) is 54.6 Å². The molecule has 2 rings (SSSR count). The molecule has 0 saturated carbocycles. The Hall–Kier alpha value is -1.18. The molecule has 0 saturated heterocycles. The van der Waals surface area contributed by atoms with Crippen molar-refractivity contribution in [3.8, 4) is 0 Å². The maximum Gasteiger partial charge on any atom is 0.307 e. The zero-order valence-corrected chi connectivity index (χ0v) is 14.7. The van der Waals surface area contributed by atoms with Crippen LogP contribution in [-0.4, -0.2) is 17.0 Å². The number of hydrogen-bond acceptors (Lipinski definition) is 3. The molecule has 0 aliphatic rings. The standard InChI is InChI=1S/C14H11Br2NO3S/c15-10-6-11(21-13(10)16)14(20)17-7-9-4-2-1-3-8(9)5-12(18)19/h1-4,6H,5,7H2,(H,17,20)(H,18,19). The van der Waals surface area contributed by atoms with E-state index in [4.69, 9.17) is 5.11 Å². The van der Waals surface area contributed by atoms with Gasteiger partial charge in [0, 0.05) is 11.0 Å². The first-order valence-electron chi connectivity index (χ1n) is 5.99. The molecule has 0 aliphatic heterocycles.